The highest BCUT2D eigenvalue weighted by molar-refractivity contribution is 5.89. The molecule has 0 radical (unpaired) electrons. The van der Waals surface area contributed by atoms with Crippen LogP contribution in [0.5, 0.6) is 0 Å². The van der Waals surface area contributed by atoms with Gasteiger partial charge in [0.05, 0.1) is 0 Å². The number of anilines is 1. The molecule has 0 aliphatic carbocycles. The Morgan fingerprint density at radius 1 is 0.895 bits per heavy atom. The first-order valence-electron chi connectivity index (χ1n) is 5.98. The molecule has 0 aliphatic rings. The maximum atomic E-state index is 11.6. The molecule has 2 rings (SSSR count). The molecule has 2 aromatic carbocycles. The molecule has 0 fully saturated rings. The molecular weight excluding hydrogens is 240 g/mol. The van der Waals surface area contributed by atoms with E-state index in [1.54, 1.807) is 0 Å². The van der Waals surface area contributed by atoms with Crippen LogP contribution in [0.4, 0.5) is 10.5 Å². The van der Waals surface area contributed by atoms with Gasteiger partial charge >= 0.3 is 6.03 Å². The van der Waals surface area contributed by atoms with Crippen LogP contribution < -0.4 is 10.6 Å². The molecule has 2 amide bonds. The van der Waals surface area contributed by atoms with E-state index in [0.29, 0.717) is 6.54 Å². The minimum absolute atomic E-state index is 0. The van der Waals surface area contributed by atoms with Gasteiger partial charge in [0, 0.05) is 12.2 Å². The summed E-state index contributed by atoms with van der Waals surface area (Å²) in [6.45, 7) is 0.628. The number of benzene rings is 2. The topological polar surface area (TPSA) is 72.6 Å². The molecule has 100 valence electrons. The molecule has 0 saturated heterocycles. The highest BCUT2D eigenvalue weighted by Gasteiger charge is 2.00. The van der Waals surface area contributed by atoms with E-state index in [4.69, 9.17) is 0 Å². The molecule has 0 aromatic heterocycles. The second kappa shape index (κ2) is 7.89. The monoisotopic (exact) mass is 258 g/mol. The van der Waals surface area contributed by atoms with Crippen LogP contribution in [0.3, 0.4) is 0 Å². The third-order valence-corrected chi connectivity index (χ3v) is 2.57. The molecule has 4 heteroatoms. The number of carbonyl (C=O) groups excluding carboxylic acids is 1. The van der Waals surface area contributed by atoms with Crippen molar-refractivity contribution in [2.24, 2.45) is 0 Å². The number of urea groups is 1. The van der Waals surface area contributed by atoms with Gasteiger partial charge in [0.25, 0.3) is 0 Å². The fourth-order valence-electron chi connectivity index (χ4n) is 1.66. The van der Waals surface area contributed by atoms with Crippen molar-refractivity contribution in [3.05, 3.63) is 66.2 Å². The average molecular weight is 258 g/mol. The van der Waals surface area contributed by atoms with Crippen molar-refractivity contribution >= 4 is 11.7 Å². The Hall–Kier alpha value is -2.33. The van der Waals surface area contributed by atoms with Gasteiger partial charge in [0.15, 0.2) is 0 Å². The van der Waals surface area contributed by atoms with Crippen molar-refractivity contribution in [3.63, 3.8) is 0 Å². The van der Waals surface area contributed by atoms with Gasteiger partial charge in [-0.15, -0.1) is 0 Å². The van der Waals surface area contributed by atoms with E-state index in [-0.39, 0.29) is 11.5 Å². The quantitative estimate of drug-likeness (QED) is 0.867. The second-order valence-electron chi connectivity index (χ2n) is 3.98. The predicted octanol–water partition coefficient (Wildman–Crippen LogP) is 2.23. The Bertz CT molecular complexity index is 486. The number of rotatable bonds is 4. The van der Waals surface area contributed by atoms with E-state index in [0.717, 1.165) is 12.1 Å². The first kappa shape index (κ1) is 14.7. The van der Waals surface area contributed by atoms with Crippen molar-refractivity contribution in [2.75, 3.05) is 11.9 Å². The van der Waals surface area contributed by atoms with Gasteiger partial charge in [-0.05, 0) is 24.1 Å². The number of amides is 2. The molecule has 0 aliphatic heterocycles. The van der Waals surface area contributed by atoms with Gasteiger partial charge < -0.3 is 16.1 Å². The lowest BCUT2D eigenvalue weighted by Gasteiger charge is -2.07. The SMILES string of the molecule is O.O=C(NCCc1ccccc1)Nc1ccccc1. The third-order valence-electron chi connectivity index (χ3n) is 2.57. The Kier molecular flexibility index (Phi) is 6.12. The lowest BCUT2D eigenvalue weighted by molar-refractivity contribution is 0.252. The Labute approximate surface area is 112 Å². The summed E-state index contributed by atoms with van der Waals surface area (Å²) in [5.41, 5.74) is 2.02. The maximum Gasteiger partial charge on any atom is 0.319 e. The van der Waals surface area contributed by atoms with Gasteiger partial charge in [-0.3, -0.25) is 0 Å². The van der Waals surface area contributed by atoms with E-state index in [1.165, 1.54) is 5.56 Å². The molecule has 19 heavy (non-hydrogen) atoms. The molecule has 4 nitrogen and oxygen atoms in total. The van der Waals surface area contributed by atoms with Gasteiger partial charge in [0.2, 0.25) is 0 Å². The summed E-state index contributed by atoms with van der Waals surface area (Å²) in [5, 5.41) is 5.61. The Morgan fingerprint density at radius 3 is 2.11 bits per heavy atom. The fourth-order valence-corrected chi connectivity index (χ4v) is 1.66. The van der Waals surface area contributed by atoms with Crippen LogP contribution in [0.1, 0.15) is 5.56 Å². The number of carbonyl (C=O) groups is 1. The number of nitrogens with one attached hydrogen (secondary N) is 2. The summed E-state index contributed by atoms with van der Waals surface area (Å²) >= 11 is 0. The lowest BCUT2D eigenvalue weighted by atomic mass is 10.1. The maximum absolute atomic E-state index is 11.6. The molecule has 0 atom stereocenters. The van der Waals surface area contributed by atoms with Gasteiger partial charge in [-0.2, -0.15) is 0 Å². The molecule has 2 aromatic rings. The van der Waals surface area contributed by atoms with E-state index < -0.39 is 0 Å². The van der Waals surface area contributed by atoms with Crippen LogP contribution in [0.2, 0.25) is 0 Å². The second-order valence-corrected chi connectivity index (χ2v) is 3.98. The van der Waals surface area contributed by atoms with Crippen LogP contribution in [0.25, 0.3) is 0 Å². The standard InChI is InChI=1S/C15H16N2O.H2O/c18-15(17-14-9-5-2-6-10-14)16-12-11-13-7-3-1-4-8-13;/h1-10H,11-12H2,(H2,16,17,18);1H2. The number of para-hydroxylation sites is 1. The molecule has 0 saturated carbocycles. The average Bonchev–Trinajstić information content (AvgIpc) is 2.41. The third kappa shape index (κ3) is 5.23. The van der Waals surface area contributed by atoms with Crippen molar-refractivity contribution in [1.82, 2.24) is 5.32 Å². The van der Waals surface area contributed by atoms with Gasteiger partial charge in [0.1, 0.15) is 0 Å². The van der Waals surface area contributed by atoms with Crippen LogP contribution in [-0.4, -0.2) is 18.1 Å². The highest BCUT2D eigenvalue weighted by atomic mass is 16.2. The van der Waals surface area contributed by atoms with Crippen molar-refractivity contribution in [1.29, 1.82) is 0 Å². The number of hydrogen-bond donors (Lipinski definition) is 2. The summed E-state index contributed by atoms with van der Waals surface area (Å²) in [7, 11) is 0. The van der Waals surface area contributed by atoms with Crippen molar-refractivity contribution in [2.45, 2.75) is 6.42 Å². The molecule has 0 bridgehead atoms. The molecular formula is C15H18N2O2. The van der Waals surface area contributed by atoms with Crippen LogP contribution in [0, 0.1) is 0 Å². The largest absolute Gasteiger partial charge is 0.412 e. The van der Waals surface area contributed by atoms with Crippen molar-refractivity contribution < 1.29 is 10.3 Å². The van der Waals surface area contributed by atoms with Crippen LogP contribution >= 0.6 is 0 Å². The normalized spacial score (nSPS) is 9.26. The highest BCUT2D eigenvalue weighted by Crippen LogP contribution is 2.04. The fraction of sp³-hybridized carbons (Fsp3) is 0.133. The minimum atomic E-state index is -0.169. The molecule has 0 heterocycles. The van der Waals surface area contributed by atoms with Gasteiger partial charge in [-0.1, -0.05) is 48.5 Å². The predicted molar refractivity (Wildman–Crippen MR) is 77.2 cm³/mol. The zero-order valence-corrected chi connectivity index (χ0v) is 10.6. The molecule has 4 N–H and O–H groups in total. The van der Waals surface area contributed by atoms with Gasteiger partial charge in [-0.25, -0.2) is 4.79 Å². The summed E-state index contributed by atoms with van der Waals surface area (Å²) in [4.78, 5) is 11.6. The Morgan fingerprint density at radius 2 is 1.47 bits per heavy atom. The summed E-state index contributed by atoms with van der Waals surface area (Å²) < 4.78 is 0. The first-order valence-corrected chi connectivity index (χ1v) is 5.98. The summed E-state index contributed by atoms with van der Waals surface area (Å²) in [5.74, 6) is 0. The Balaban J connectivity index is 0.00000180. The summed E-state index contributed by atoms with van der Waals surface area (Å²) in [6, 6.07) is 19.3. The van der Waals surface area contributed by atoms with E-state index in [2.05, 4.69) is 22.8 Å². The molecule has 0 unspecified atom stereocenters. The van der Waals surface area contributed by atoms with Crippen LogP contribution in [-0.2, 0) is 6.42 Å². The lowest BCUT2D eigenvalue weighted by Crippen LogP contribution is -2.30. The van der Waals surface area contributed by atoms with E-state index >= 15 is 0 Å². The smallest absolute Gasteiger partial charge is 0.319 e. The summed E-state index contributed by atoms with van der Waals surface area (Å²) in [6.07, 6.45) is 0.836. The van der Waals surface area contributed by atoms with Crippen molar-refractivity contribution in [3.8, 4) is 0 Å². The van der Waals surface area contributed by atoms with E-state index in [1.807, 2.05) is 48.5 Å². The number of hydrogen-bond acceptors (Lipinski definition) is 1. The minimum Gasteiger partial charge on any atom is -0.412 e. The van der Waals surface area contributed by atoms with Crippen LogP contribution in [0.15, 0.2) is 60.7 Å². The zero-order valence-electron chi connectivity index (χ0n) is 10.6. The molecule has 0 spiro atoms. The zero-order chi connectivity index (χ0) is 12.6. The first-order chi connectivity index (χ1) is 8.84. The van der Waals surface area contributed by atoms with E-state index in [9.17, 15) is 4.79 Å².